The maximum absolute atomic E-state index is 12.4. The third kappa shape index (κ3) is 3.65. The zero-order chi connectivity index (χ0) is 16.3. The van der Waals surface area contributed by atoms with Gasteiger partial charge in [0.25, 0.3) is 0 Å². The Labute approximate surface area is 131 Å². The van der Waals surface area contributed by atoms with E-state index < -0.39 is 6.04 Å². The topological polar surface area (TPSA) is 75.4 Å². The van der Waals surface area contributed by atoms with E-state index in [2.05, 4.69) is 17.4 Å². The van der Waals surface area contributed by atoms with Gasteiger partial charge in [-0.2, -0.15) is 0 Å². The lowest BCUT2D eigenvalue weighted by molar-refractivity contribution is -0.135. The van der Waals surface area contributed by atoms with Gasteiger partial charge in [0.05, 0.1) is 12.6 Å². The number of carbonyl (C=O) groups is 2. The number of rotatable bonds is 4. The maximum Gasteiger partial charge on any atom is 0.242 e. The zero-order valence-electron chi connectivity index (χ0n) is 13.5. The lowest BCUT2D eigenvalue weighted by atomic mass is 9.95. The van der Waals surface area contributed by atoms with Crippen LogP contribution in [0.15, 0.2) is 24.3 Å². The highest BCUT2D eigenvalue weighted by Gasteiger charge is 2.27. The summed E-state index contributed by atoms with van der Waals surface area (Å²) in [6, 6.07) is 7.73. The molecule has 22 heavy (non-hydrogen) atoms. The van der Waals surface area contributed by atoms with Crippen molar-refractivity contribution in [3.8, 4) is 0 Å². The molecule has 0 aromatic heterocycles. The first-order valence-electron chi connectivity index (χ1n) is 7.79. The van der Waals surface area contributed by atoms with Crippen LogP contribution >= 0.6 is 0 Å². The van der Waals surface area contributed by atoms with Crippen LogP contribution in [0.5, 0.6) is 0 Å². The molecule has 1 heterocycles. The molecule has 3 N–H and O–H groups in total. The fourth-order valence-electron chi connectivity index (χ4n) is 2.70. The summed E-state index contributed by atoms with van der Waals surface area (Å²) in [4.78, 5) is 26.1. The highest BCUT2D eigenvalue weighted by molar-refractivity contribution is 5.87. The van der Waals surface area contributed by atoms with Gasteiger partial charge in [-0.05, 0) is 30.4 Å². The Morgan fingerprint density at radius 1 is 1.32 bits per heavy atom. The molecule has 1 aromatic carbocycles. The molecule has 2 rings (SSSR count). The number of amides is 2. The molecule has 0 fully saturated rings. The van der Waals surface area contributed by atoms with E-state index in [4.69, 9.17) is 5.73 Å². The van der Waals surface area contributed by atoms with Crippen molar-refractivity contribution < 1.29 is 9.59 Å². The van der Waals surface area contributed by atoms with Crippen molar-refractivity contribution in [1.82, 2.24) is 10.2 Å². The van der Waals surface area contributed by atoms with Gasteiger partial charge in [0.1, 0.15) is 0 Å². The van der Waals surface area contributed by atoms with Crippen molar-refractivity contribution in [3.05, 3.63) is 35.4 Å². The van der Waals surface area contributed by atoms with Crippen LogP contribution in [-0.4, -0.2) is 35.3 Å². The highest BCUT2D eigenvalue weighted by atomic mass is 16.2. The summed E-state index contributed by atoms with van der Waals surface area (Å²) in [6.45, 7) is 6.41. The van der Waals surface area contributed by atoms with Gasteiger partial charge in [-0.1, -0.05) is 38.1 Å². The monoisotopic (exact) mass is 303 g/mol. The first kappa shape index (κ1) is 16.5. The second-order valence-electron chi connectivity index (χ2n) is 6.33. The summed E-state index contributed by atoms with van der Waals surface area (Å²) in [5, 5.41) is 2.65. The molecule has 0 bridgehead atoms. The molecule has 1 aliphatic heterocycles. The predicted octanol–water partition coefficient (Wildman–Crippen LogP) is 1.06. The summed E-state index contributed by atoms with van der Waals surface area (Å²) in [6.07, 6.45) is 0.849. The summed E-state index contributed by atoms with van der Waals surface area (Å²) in [7, 11) is 0. The van der Waals surface area contributed by atoms with Crippen LogP contribution in [0.4, 0.5) is 0 Å². The zero-order valence-corrected chi connectivity index (χ0v) is 13.5. The normalized spacial score (nSPS) is 18.8. The first-order chi connectivity index (χ1) is 10.4. The SMILES string of the molecule is CC(C)[C@H](N)C(=O)NCC(=O)N1Cc2ccccc2CC1C. The van der Waals surface area contributed by atoms with E-state index in [1.807, 2.05) is 37.8 Å². The van der Waals surface area contributed by atoms with Crippen molar-refractivity contribution >= 4 is 11.8 Å². The molecule has 2 atom stereocenters. The molecule has 1 aromatic rings. The lowest BCUT2D eigenvalue weighted by Gasteiger charge is -2.35. The average Bonchev–Trinajstić information content (AvgIpc) is 2.50. The van der Waals surface area contributed by atoms with E-state index >= 15 is 0 Å². The molecule has 5 heteroatoms. The van der Waals surface area contributed by atoms with Gasteiger partial charge in [0.2, 0.25) is 11.8 Å². The number of nitrogens with one attached hydrogen (secondary N) is 1. The Hall–Kier alpha value is -1.88. The number of benzene rings is 1. The fourth-order valence-corrected chi connectivity index (χ4v) is 2.70. The van der Waals surface area contributed by atoms with Crippen LogP contribution in [0.3, 0.4) is 0 Å². The number of hydrogen-bond donors (Lipinski definition) is 2. The van der Waals surface area contributed by atoms with Crippen LogP contribution in [0.2, 0.25) is 0 Å². The highest BCUT2D eigenvalue weighted by Crippen LogP contribution is 2.22. The first-order valence-corrected chi connectivity index (χ1v) is 7.79. The third-order valence-corrected chi connectivity index (χ3v) is 4.26. The molecule has 1 unspecified atom stereocenters. The molecular weight excluding hydrogens is 278 g/mol. The van der Waals surface area contributed by atoms with Crippen molar-refractivity contribution in [2.24, 2.45) is 11.7 Å². The largest absolute Gasteiger partial charge is 0.346 e. The predicted molar refractivity (Wildman–Crippen MR) is 86.0 cm³/mol. The van der Waals surface area contributed by atoms with Crippen molar-refractivity contribution in [2.45, 2.75) is 45.8 Å². The van der Waals surface area contributed by atoms with E-state index in [-0.39, 0.29) is 30.3 Å². The number of nitrogens with two attached hydrogens (primary N) is 1. The molecule has 0 radical (unpaired) electrons. The Kier molecular flexibility index (Phi) is 5.19. The Bertz CT molecular complexity index is 557. The molecule has 0 aliphatic carbocycles. The second kappa shape index (κ2) is 6.92. The van der Waals surface area contributed by atoms with Gasteiger partial charge in [-0.3, -0.25) is 9.59 Å². The van der Waals surface area contributed by atoms with Crippen molar-refractivity contribution in [3.63, 3.8) is 0 Å². The van der Waals surface area contributed by atoms with E-state index in [0.717, 1.165) is 6.42 Å². The van der Waals surface area contributed by atoms with Crippen LogP contribution in [0, 0.1) is 5.92 Å². The van der Waals surface area contributed by atoms with E-state index in [0.29, 0.717) is 6.54 Å². The van der Waals surface area contributed by atoms with Gasteiger partial charge in [0.15, 0.2) is 0 Å². The molecule has 0 saturated heterocycles. The number of nitrogens with zero attached hydrogens (tertiary/aromatic N) is 1. The van der Waals surface area contributed by atoms with Crippen molar-refractivity contribution in [1.29, 1.82) is 0 Å². The van der Waals surface area contributed by atoms with Gasteiger partial charge < -0.3 is 16.0 Å². The minimum atomic E-state index is -0.577. The van der Waals surface area contributed by atoms with Crippen molar-refractivity contribution in [2.75, 3.05) is 6.54 Å². The molecule has 2 amide bonds. The summed E-state index contributed by atoms with van der Waals surface area (Å²) in [5.41, 5.74) is 8.25. The lowest BCUT2D eigenvalue weighted by Crippen LogP contribution is -2.50. The fraction of sp³-hybridized carbons (Fsp3) is 0.529. The molecule has 5 nitrogen and oxygen atoms in total. The van der Waals surface area contributed by atoms with E-state index in [9.17, 15) is 9.59 Å². The summed E-state index contributed by atoms with van der Waals surface area (Å²) < 4.78 is 0. The van der Waals surface area contributed by atoms with E-state index in [1.165, 1.54) is 11.1 Å². The summed E-state index contributed by atoms with van der Waals surface area (Å²) >= 11 is 0. The maximum atomic E-state index is 12.4. The van der Waals surface area contributed by atoms with Crippen LogP contribution in [0.25, 0.3) is 0 Å². The Balaban J connectivity index is 1.95. The quantitative estimate of drug-likeness (QED) is 0.873. The molecule has 120 valence electrons. The average molecular weight is 303 g/mol. The Morgan fingerprint density at radius 3 is 2.59 bits per heavy atom. The standard InChI is InChI=1S/C17H25N3O2/c1-11(2)16(18)17(22)19-9-15(21)20-10-14-7-5-4-6-13(14)8-12(20)3/h4-7,11-12,16H,8-10,18H2,1-3H3,(H,19,22)/t12?,16-/m0/s1. The van der Waals surface area contributed by atoms with Gasteiger partial charge in [-0.15, -0.1) is 0 Å². The Morgan fingerprint density at radius 2 is 1.95 bits per heavy atom. The second-order valence-corrected chi connectivity index (χ2v) is 6.33. The van der Waals surface area contributed by atoms with Crippen LogP contribution in [-0.2, 0) is 22.6 Å². The number of fused-ring (bicyclic) bond motifs is 1. The molecular formula is C17H25N3O2. The minimum absolute atomic E-state index is 0.00571. The molecule has 1 aliphatic rings. The van der Waals surface area contributed by atoms with E-state index in [1.54, 1.807) is 0 Å². The molecule has 0 saturated carbocycles. The number of carbonyl (C=O) groups excluding carboxylic acids is 2. The van der Waals surface area contributed by atoms with Crippen LogP contribution in [0.1, 0.15) is 31.9 Å². The van der Waals surface area contributed by atoms with Crippen LogP contribution < -0.4 is 11.1 Å². The van der Waals surface area contributed by atoms with Gasteiger partial charge >= 0.3 is 0 Å². The van der Waals surface area contributed by atoms with Gasteiger partial charge in [0, 0.05) is 12.6 Å². The number of hydrogen-bond acceptors (Lipinski definition) is 3. The summed E-state index contributed by atoms with van der Waals surface area (Å²) in [5.74, 6) is -0.282. The molecule has 0 spiro atoms. The third-order valence-electron chi connectivity index (χ3n) is 4.26. The van der Waals surface area contributed by atoms with Gasteiger partial charge in [-0.25, -0.2) is 0 Å². The smallest absolute Gasteiger partial charge is 0.242 e. The minimum Gasteiger partial charge on any atom is -0.346 e.